The van der Waals surface area contributed by atoms with Crippen LogP contribution in [0.2, 0.25) is 5.02 Å². The zero-order valence-corrected chi connectivity index (χ0v) is 25.3. The van der Waals surface area contributed by atoms with E-state index in [4.69, 9.17) is 16.0 Å². The number of halogens is 1. The number of carbonyl (C=O) groups excluding carboxylic acids is 3. The molecular weight excluding hydrogens is 606 g/mol. The molecule has 0 fully saturated rings. The first-order valence-corrected chi connectivity index (χ1v) is 15.3. The van der Waals surface area contributed by atoms with Crippen LogP contribution in [0.3, 0.4) is 0 Å². The molecule has 0 unspecified atom stereocenters. The Hall–Kier alpha value is -4.78. The maximum Gasteiger partial charge on any atom is 0.313 e. The van der Waals surface area contributed by atoms with Gasteiger partial charge in [0.25, 0.3) is 5.91 Å². The molecule has 0 radical (unpaired) electrons. The van der Waals surface area contributed by atoms with E-state index in [2.05, 4.69) is 21.2 Å². The molecular formula is C31H30ClN5O6S. The summed E-state index contributed by atoms with van der Waals surface area (Å²) in [6.07, 6.45) is 1.62. The quantitative estimate of drug-likeness (QED) is 0.122. The van der Waals surface area contributed by atoms with Gasteiger partial charge in [-0.15, -0.1) is 0 Å². The summed E-state index contributed by atoms with van der Waals surface area (Å²) in [5.41, 5.74) is 4.75. The Kier molecular flexibility index (Phi) is 11.0. The normalized spacial score (nSPS) is 11.4. The topological polar surface area (TPSA) is 150 Å². The lowest BCUT2D eigenvalue weighted by atomic mass is 10.1. The molecule has 4 aromatic rings. The molecule has 11 nitrogen and oxygen atoms in total. The standard InChI is InChI=1S/C31H30ClN5O6S/c1-22-7-11-25(12-8-22)35-31(40)30(39)33-19-26-13-14-27(43-26)20-34-36-29(38)21-37(18-17-23-5-3-2-4-6-23)44(41,42)28-15-9-24(32)10-16-28/h2-16,20H,17-19,21H2,1H3,(H,33,39)(H,35,40)(H,36,38)/b34-20-. The molecule has 228 valence electrons. The summed E-state index contributed by atoms with van der Waals surface area (Å²) in [7, 11) is -4.02. The van der Waals surface area contributed by atoms with E-state index in [1.165, 1.54) is 30.5 Å². The number of hydrogen-bond acceptors (Lipinski definition) is 7. The Bertz CT molecular complexity index is 1720. The van der Waals surface area contributed by atoms with E-state index in [0.717, 1.165) is 15.4 Å². The van der Waals surface area contributed by atoms with Crippen LogP contribution in [0.1, 0.15) is 22.6 Å². The number of hydrazone groups is 1. The molecule has 0 aliphatic heterocycles. The fraction of sp³-hybridized carbons (Fsp3) is 0.161. The number of benzene rings is 3. The molecule has 0 aliphatic rings. The highest BCUT2D eigenvalue weighted by molar-refractivity contribution is 7.89. The van der Waals surface area contributed by atoms with Crippen molar-refractivity contribution in [3.8, 4) is 0 Å². The lowest BCUT2D eigenvalue weighted by molar-refractivity contribution is -0.136. The summed E-state index contributed by atoms with van der Waals surface area (Å²) in [4.78, 5) is 37.0. The molecule has 3 amide bonds. The minimum atomic E-state index is -4.02. The third-order valence-electron chi connectivity index (χ3n) is 6.27. The lowest BCUT2D eigenvalue weighted by Gasteiger charge is -2.21. The molecule has 1 heterocycles. The van der Waals surface area contributed by atoms with Crippen molar-refractivity contribution in [1.82, 2.24) is 15.0 Å². The number of nitrogens with one attached hydrogen (secondary N) is 3. The number of furan rings is 1. The lowest BCUT2D eigenvalue weighted by Crippen LogP contribution is -2.40. The van der Waals surface area contributed by atoms with E-state index < -0.39 is 34.3 Å². The largest absolute Gasteiger partial charge is 0.458 e. The summed E-state index contributed by atoms with van der Waals surface area (Å²) in [5, 5.41) is 9.22. The molecule has 0 aliphatic carbocycles. The SMILES string of the molecule is Cc1ccc(NC(=O)C(=O)NCc2ccc(/C=N\NC(=O)CN(CCc3ccccc3)S(=O)(=O)c3ccc(Cl)cc3)o2)cc1. The van der Waals surface area contributed by atoms with Crippen molar-refractivity contribution in [2.45, 2.75) is 24.8 Å². The Morgan fingerprint density at radius 1 is 0.909 bits per heavy atom. The summed E-state index contributed by atoms with van der Waals surface area (Å²) in [5.74, 6) is -1.72. The second kappa shape index (κ2) is 15.1. The van der Waals surface area contributed by atoms with Crippen molar-refractivity contribution in [1.29, 1.82) is 0 Å². The van der Waals surface area contributed by atoms with Gasteiger partial charge in [0.15, 0.2) is 0 Å². The van der Waals surface area contributed by atoms with Crippen molar-refractivity contribution in [3.05, 3.63) is 119 Å². The van der Waals surface area contributed by atoms with E-state index in [1.807, 2.05) is 49.4 Å². The van der Waals surface area contributed by atoms with Gasteiger partial charge in [0.05, 0.1) is 24.2 Å². The number of carbonyl (C=O) groups is 3. The number of nitrogens with zero attached hydrogens (tertiary/aromatic N) is 2. The Morgan fingerprint density at radius 3 is 2.32 bits per heavy atom. The van der Waals surface area contributed by atoms with Crippen LogP contribution in [0.25, 0.3) is 0 Å². The maximum atomic E-state index is 13.3. The highest BCUT2D eigenvalue weighted by Crippen LogP contribution is 2.19. The van der Waals surface area contributed by atoms with Gasteiger partial charge in [-0.05, 0) is 67.4 Å². The monoisotopic (exact) mass is 635 g/mol. The predicted octanol–water partition coefficient (Wildman–Crippen LogP) is 3.88. The van der Waals surface area contributed by atoms with E-state index in [-0.39, 0.29) is 23.7 Å². The summed E-state index contributed by atoms with van der Waals surface area (Å²) < 4.78 is 33.3. The van der Waals surface area contributed by atoms with Crippen LogP contribution in [0.15, 0.2) is 105 Å². The second-order valence-electron chi connectivity index (χ2n) is 9.63. The number of rotatable bonds is 12. The summed E-state index contributed by atoms with van der Waals surface area (Å²) in [6.45, 7) is 1.43. The smallest absolute Gasteiger partial charge is 0.313 e. The second-order valence-corrected chi connectivity index (χ2v) is 12.0. The first-order chi connectivity index (χ1) is 21.1. The van der Waals surface area contributed by atoms with Crippen molar-refractivity contribution >= 4 is 51.2 Å². The van der Waals surface area contributed by atoms with E-state index >= 15 is 0 Å². The van der Waals surface area contributed by atoms with Crippen molar-refractivity contribution in [3.63, 3.8) is 0 Å². The zero-order valence-electron chi connectivity index (χ0n) is 23.7. The molecule has 3 aromatic carbocycles. The number of hydrogen-bond donors (Lipinski definition) is 3. The van der Waals surface area contributed by atoms with Gasteiger partial charge < -0.3 is 15.1 Å². The van der Waals surface area contributed by atoms with Crippen LogP contribution < -0.4 is 16.1 Å². The van der Waals surface area contributed by atoms with Crippen LogP contribution in [-0.2, 0) is 37.4 Å². The molecule has 44 heavy (non-hydrogen) atoms. The molecule has 4 rings (SSSR count). The first-order valence-electron chi connectivity index (χ1n) is 13.5. The van der Waals surface area contributed by atoms with Gasteiger partial charge in [-0.2, -0.15) is 9.41 Å². The summed E-state index contributed by atoms with van der Waals surface area (Å²) >= 11 is 5.92. The maximum absolute atomic E-state index is 13.3. The van der Waals surface area contributed by atoms with Gasteiger partial charge in [-0.25, -0.2) is 13.8 Å². The highest BCUT2D eigenvalue weighted by atomic mass is 35.5. The average molecular weight is 636 g/mol. The zero-order chi connectivity index (χ0) is 31.5. The van der Waals surface area contributed by atoms with Gasteiger partial charge in [-0.3, -0.25) is 14.4 Å². The predicted molar refractivity (Wildman–Crippen MR) is 166 cm³/mol. The Labute approximate surface area is 260 Å². The van der Waals surface area contributed by atoms with Crippen molar-refractivity contribution in [2.75, 3.05) is 18.4 Å². The van der Waals surface area contributed by atoms with Crippen LogP contribution in [0.4, 0.5) is 5.69 Å². The number of anilines is 1. The van der Waals surface area contributed by atoms with E-state index in [9.17, 15) is 22.8 Å². The fourth-order valence-corrected chi connectivity index (χ4v) is 5.46. The van der Waals surface area contributed by atoms with E-state index in [0.29, 0.717) is 22.9 Å². The molecule has 0 saturated heterocycles. The van der Waals surface area contributed by atoms with Gasteiger partial charge >= 0.3 is 11.8 Å². The Balaban J connectivity index is 1.31. The number of sulfonamides is 1. The van der Waals surface area contributed by atoms with Gasteiger partial charge in [0.2, 0.25) is 10.0 Å². The molecule has 3 N–H and O–H groups in total. The van der Waals surface area contributed by atoms with Crippen LogP contribution in [0, 0.1) is 6.92 Å². The van der Waals surface area contributed by atoms with Crippen molar-refractivity contribution < 1.29 is 27.2 Å². The van der Waals surface area contributed by atoms with Crippen LogP contribution >= 0.6 is 11.6 Å². The van der Waals surface area contributed by atoms with Crippen molar-refractivity contribution in [2.24, 2.45) is 5.10 Å². The molecule has 1 aromatic heterocycles. The van der Waals surface area contributed by atoms with Gasteiger partial charge in [0.1, 0.15) is 11.5 Å². The van der Waals surface area contributed by atoms with Gasteiger partial charge in [-0.1, -0.05) is 59.6 Å². The third-order valence-corrected chi connectivity index (χ3v) is 8.38. The minimum Gasteiger partial charge on any atom is -0.458 e. The first kappa shape index (κ1) is 32.1. The highest BCUT2D eigenvalue weighted by Gasteiger charge is 2.26. The molecule has 0 spiro atoms. The molecule has 0 bridgehead atoms. The fourth-order valence-electron chi connectivity index (χ4n) is 3.93. The minimum absolute atomic E-state index is 0.00843. The third kappa shape index (κ3) is 9.36. The molecule has 13 heteroatoms. The van der Waals surface area contributed by atoms with Crippen LogP contribution in [-0.4, -0.2) is 49.7 Å². The number of aryl methyl sites for hydroxylation is 1. The summed E-state index contributed by atoms with van der Waals surface area (Å²) in [6, 6.07) is 25.2. The van der Waals surface area contributed by atoms with E-state index in [1.54, 1.807) is 24.3 Å². The molecule has 0 atom stereocenters. The molecule has 0 saturated carbocycles. The number of amides is 3. The van der Waals surface area contributed by atoms with Gasteiger partial charge in [0, 0.05) is 17.3 Å². The Morgan fingerprint density at radius 2 is 1.61 bits per heavy atom. The van der Waals surface area contributed by atoms with Crippen LogP contribution in [0.5, 0.6) is 0 Å². The average Bonchev–Trinajstić information content (AvgIpc) is 3.47.